The Kier molecular flexibility index (Phi) is 11.3. The molecule has 1 aliphatic heterocycles. The summed E-state index contributed by atoms with van der Waals surface area (Å²) in [7, 11) is 1.70. The lowest BCUT2D eigenvalue weighted by Crippen LogP contribution is -2.46. The SMILES string of the molecule is CCNC(=NCc1cccc(OCc2ccccn2)c1)N1CCC(CC(=O)NC)CC1.I. The quantitative estimate of drug-likeness (QED) is 0.298. The summed E-state index contributed by atoms with van der Waals surface area (Å²) in [4.78, 5) is 23.1. The second-order valence-corrected chi connectivity index (χ2v) is 7.74. The zero-order valence-electron chi connectivity index (χ0n) is 18.9. The van der Waals surface area contributed by atoms with Crippen LogP contribution in [-0.2, 0) is 17.9 Å². The van der Waals surface area contributed by atoms with Crippen molar-refractivity contribution in [1.82, 2.24) is 20.5 Å². The summed E-state index contributed by atoms with van der Waals surface area (Å²) >= 11 is 0. The van der Waals surface area contributed by atoms with E-state index >= 15 is 0 Å². The monoisotopic (exact) mass is 551 g/mol. The number of guanidine groups is 1. The van der Waals surface area contributed by atoms with E-state index in [1.165, 1.54) is 0 Å². The van der Waals surface area contributed by atoms with Crippen LogP contribution in [0, 0.1) is 5.92 Å². The lowest BCUT2D eigenvalue weighted by Gasteiger charge is -2.34. The van der Waals surface area contributed by atoms with Crippen molar-refractivity contribution in [3.63, 3.8) is 0 Å². The van der Waals surface area contributed by atoms with Gasteiger partial charge in [-0.15, -0.1) is 24.0 Å². The van der Waals surface area contributed by atoms with Gasteiger partial charge >= 0.3 is 0 Å². The lowest BCUT2D eigenvalue weighted by molar-refractivity contribution is -0.121. The number of ether oxygens (including phenoxy) is 1. The Labute approximate surface area is 208 Å². The Balaban J connectivity index is 0.00000363. The average molecular weight is 551 g/mol. The first kappa shape index (κ1) is 25.9. The van der Waals surface area contributed by atoms with Crippen LogP contribution in [0.2, 0.25) is 0 Å². The lowest BCUT2D eigenvalue weighted by atomic mass is 9.93. The number of rotatable bonds is 8. The summed E-state index contributed by atoms with van der Waals surface area (Å²) in [6.45, 7) is 5.77. The van der Waals surface area contributed by atoms with E-state index in [-0.39, 0.29) is 29.9 Å². The molecule has 8 heteroatoms. The molecule has 1 amide bonds. The highest BCUT2D eigenvalue weighted by atomic mass is 127. The number of likely N-dealkylation sites (tertiary alicyclic amines) is 1. The molecule has 1 aromatic carbocycles. The molecule has 1 aliphatic rings. The summed E-state index contributed by atoms with van der Waals surface area (Å²) in [6, 6.07) is 13.9. The first-order valence-electron chi connectivity index (χ1n) is 11.0. The number of pyridine rings is 1. The van der Waals surface area contributed by atoms with Crippen molar-refractivity contribution in [3.05, 3.63) is 59.9 Å². The van der Waals surface area contributed by atoms with Crippen LogP contribution in [0.5, 0.6) is 5.75 Å². The Bertz CT molecular complexity index is 854. The number of aliphatic imine (C=N–C) groups is 1. The van der Waals surface area contributed by atoms with E-state index in [2.05, 4.69) is 33.5 Å². The van der Waals surface area contributed by atoms with Crippen LogP contribution in [-0.4, -0.2) is 48.4 Å². The molecule has 174 valence electrons. The van der Waals surface area contributed by atoms with Crippen molar-refractivity contribution in [3.8, 4) is 5.75 Å². The van der Waals surface area contributed by atoms with E-state index in [0.29, 0.717) is 25.5 Å². The molecule has 2 N–H and O–H groups in total. The predicted octanol–water partition coefficient (Wildman–Crippen LogP) is 3.59. The summed E-state index contributed by atoms with van der Waals surface area (Å²) < 4.78 is 5.89. The van der Waals surface area contributed by atoms with E-state index in [1.807, 2.05) is 36.4 Å². The number of piperidine rings is 1. The predicted molar refractivity (Wildman–Crippen MR) is 138 cm³/mol. The van der Waals surface area contributed by atoms with Gasteiger partial charge in [0.1, 0.15) is 12.4 Å². The van der Waals surface area contributed by atoms with Gasteiger partial charge in [0.15, 0.2) is 5.96 Å². The number of benzene rings is 1. The molecule has 2 heterocycles. The fourth-order valence-corrected chi connectivity index (χ4v) is 3.68. The maximum atomic E-state index is 11.6. The van der Waals surface area contributed by atoms with E-state index in [4.69, 9.17) is 9.73 Å². The molecule has 1 aromatic heterocycles. The van der Waals surface area contributed by atoms with Gasteiger partial charge in [-0.1, -0.05) is 18.2 Å². The van der Waals surface area contributed by atoms with Crippen molar-refractivity contribution < 1.29 is 9.53 Å². The number of halogens is 1. The Morgan fingerprint density at radius 3 is 2.72 bits per heavy atom. The summed E-state index contributed by atoms with van der Waals surface area (Å²) in [5.41, 5.74) is 2.00. The van der Waals surface area contributed by atoms with Crippen molar-refractivity contribution in [2.75, 3.05) is 26.7 Å². The fourth-order valence-electron chi connectivity index (χ4n) is 3.68. The maximum Gasteiger partial charge on any atom is 0.220 e. The average Bonchev–Trinajstić information content (AvgIpc) is 2.82. The second-order valence-electron chi connectivity index (χ2n) is 7.74. The van der Waals surface area contributed by atoms with Crippen LogP contribution in [0.3, 0.4) is 0 Å². The summed E-state index contributed by atoms with van der Waals surface area (Å²) in [5.74, 6) is 2.33. The number of nitrogens with zero attached hydrogens (tertiary/aromatic N) is 3. The van der Waals surface area contributed by atoms with Gasteiger partial charge < -0.3 is 20.3 Å². The summed E-state index contributed by atoms with van der Waals surface area (Å²) in [6.07, 6.45) is 4.40. The minimum absolute atomic E-state index is 0. The third-order valence-corrected chi connectivity index (χ3v) is 5.42. The van der Waals surface area contributed by atoms with Crippen molar-refractivity contribution in [2.45, 2.75) is 39.3 Å². The van der Waals surface area contributed by atoms with Gasteiger partial charge in [0.25, 0.3) is 0 Å². The molecule has 0 saturated carbocycles. The minimum Gasteiger partial charge on any atom is -0.487 e. The fraction of sp³-hybridized carbons (Fsp3) is 0.458. The number of nitrogens with one attached hydrogen (secondary N) is 2. The molecular formula is C24H34IN5O2. The van der Waals surface area contributed by atoms with Crippen molar-refractivity contribution >= 4 is 35.8 Å². The summed E-state index contributed by atoms with van der Waals surface area (Å²) in [5, 5.41) is 6.13. The molecule has 0 unspecified atom stereocenters. The number of hydrogen-bond acceptors (Lipinski definition) is 4. The maximum absolute atomic E-state index is 11.6. The minimum atomic E-state index is 0. The third kappa shape index (κ3) is 8.29. The van der Waals surface area contributed by atoms with Gasteiger partial charge in [-0.05, 0) is 55.5 Å². The zero-order valence-corrected chi connectivity index (χ0v) is 21.2. The Morgan fingerprint density at radius 2 is 2.03 bits per heavy atom. The number of carbonyl (C=O) groups excluding carboxylic acids is 1. The molecule has 0 radical (unpaired) electrons. The molecule has 0 bridgehead atoms. The molecule has 2 aromatic rings. The highest BCUT2D eigenvalue weighted by molar-refractivity contribution is 14.0. The standard InChI is InChI=1S/C24H33N5O2.HI/c1-3-26-24(29-13-10-19(11-14-29)16-23(30)25-2)28-17-20-7-6-9-22(15-20)31-18-21-8-4-5-12-27-21;/h4-9,12,15,19H,3,10-11,13-14,16-18H2,1-2H3,(H,25,30)(H,26,28);1H. The first-order chi connectivity index (χ1) is 15.2. The zero-order chi connectivity index (χ0) is 21.9. The van der Waals surface area contributed by atoms with Gasteiger partial charge in [0.05, 0.1) is 12.2 Å². The van der Waals surface area contributed by atoms with Gasteiger partial charge in [0, 0.05) is 39.3 Å². The Hall–Kier alpha value is -2.36. The molecule has 0 aliphatic carbocycles. The van der Waals surface area contributed by atoms with E-state index < -0.39 is 0 Å². The highest BCUT2D eigenvalue weighted by Crippen LogP contribution is 2.21. The highest BCUT2D eigenvalue weighted by Gasteiger charge is 2.23. The second kappa shape index (κ2) is 13.9. The molecule has 1 saturated heterocycles. The van der Waals surface area contributed by atoms with Crippen LogP contribution in [0.1, 0.15) is 37.4 Å². The van der Waals surface area contributed by atoms with E-state index in [1.54, 1.807) is 13.2 Å². The van der Waals surface area contributed by atoms with Gasteiger partial charge in [0.2, 0.25) is 5.91 Å². The molecule has 0 spiro atoms. The number of carbonyl (C=O) groups is 1. The van der Waals surface area contributed by atoms with Crippen molar-refractivity contribution in [2.24, 2.45) is 10.9 Å². The molecular weight excluding hydrogens is 517 g/mol. The number of amides is 1. The molecule has 7 nitrogen and oxygen atoms in total. The number of aromatic nitrogens is 1. The van der Waals surface area contributed by atoms with E-state index in [0.717, 1.165) is 55.4 Å². The first-order valence-corrected chi connectivity index (χ1v) is 11.0. The smallest absolute Gasteiger partial charge is 0.220 e. The molecule has 3 rings (SSSR count). The topological polar surface area (TPSA) is 78.9 Å². The largest absolute Gasteiger partial charge is 0.487 e. The molecule has 0 atom stereocenters. The van der Waals surface area contributed by atoms with Gasteiger partial charge in [-0.25, -0.2) is 4.99 Å². The van der Waals surface area contributed by atoms with Crippen LogP contribution < -0.4 is 15.4 Å². The Morgan fingerprint density at radius 1 is 1.22 bits per heavy atom. The van der Waals surface area contributed by atoms with Crippen molar-refractivity contribution in [1.29, 1.82) is 0 Å². The van der Waals surface area contributed by atoms with Gasteiger partial charge in [-0.3, -0.25) is 9.78 Å². The van der Waals surface area contributed by atoms with Crippen LogP contribution in [0.25, 0.3) is 0 Å². The number of hydrogen-bond donors (Lipinski definition) is 2. The van der Waals surface area contributed by atoms with Gasteiger partial charge in [-0.2, -0.15) is 0 Å². The third-order valence-electron chi connectivity index (χ3n) is 5.42. The molecule has 32 heavy (non-hydrogen) atoms. The normalized spacial score (nSPS) is 14.4. The van der Waals surface area contributed by atoms with Crippen LogP contribution >= 0.6 is 24.0 Å². The molecule has 1 fully saturated rings. The van der Waals surface area contributed by atoms with Crippen LogP contribution in [0.4, 0.5) is 0 Å². The van der Waals surface area contributed by atoms with E-state index in [9.17, 15) is 4.79 Å². The van der Waals surface area contributed by atoms with Crippen LogP contribution in [0.15, 0.2) is 53.7 Å².